The fourth-order valence-electron chi connectivity index (χ4n) is 1.14. The molecular weight excluding hydrogens is 170 g/mol. The number of thiazole rings is 1. The Morgan fingerprint density at radius 1 is 1.67 bits per heavy atom. The SMILES string of the molecule is CCc1csc(OC2CCC2)n1. The van der Waals surface area contributed by atoms with Crippen molar-refractivity contribution in [3.05, 3.63) is 11.1 Å². The molecule has 0 saturated heterocycles. The lowest BCUT2D eigenvalue weighted by molar-refractivity contribution is 0.119. The van der Waals surface area contributed by atoms with Gasteiger partial charge in [-0.05, 0) is 25.7 Å². The van der Waals surface area contributed by atoms with Gasteiger partial charge in [0.15, 0.2) is 0 Å². The molecule has 0 unspecified atom stereocenters. The summed E-state index contributed by atoms with van der Waals surface area (Å²) in [5, 5.41) is 2.94. The highest BCUT2D eigenvalue weighted by atomic mass is 32.1. The number of rotatable bonds is 3. The lowest BCUT2D eigenvalue weighted by Crippen LogP contribution is -2.24. The summed E-state index contributed by atoms with van der Waals surface area (Å²) >= 11 is 1.62. The predicted molar refractivity (Wildman–Crippen MR) is 49.8 cm³/mol. The van der Waals surface area contributed by atoms with E-state index in [-0.39, 0.29) is 0 Å². The summed E-state index contributed by atoms with van der Waals surface area (Å²) in [4.78, 5) is 4.35. The summed E-state index contributed by atoms with van der Waals surface area (Å²) in [6, 6.07) is 0. The van der Waals surface area contributed by atoms with E-state index in [1.165, 1.54) is 19.3 Å². The monoisotopic (exact) mass is 183 g/mol. The van der Waals surface area contributed by atoms with Crippen LogP contribution in [-0.2, 0) is 6.42 Å². The number of nitrogens with zero attached hydrogens (tertiary/aromatic N) is 1. The molecule has 2 rings (SSSR count). The third kappa shape index (κ3) is 1.61. The molecule has 12 heavy (non-hydrogen) atoms. The molecule has 0 bridgehead atoms. The molecule has 1 aromatic rings. The van der Waals surface area contributed by atoms with Crippen LogP contribution in [0.25, 0.3) is 0 Å². The second kappa shape index (κ2) is 3.44. The average molecular weight is 183 g/mol. The Balaban J connectivity index is 1.93. The number of ether oxygens (including phenoxy) is 1. The summed E-state index contributed by atoms with van der Waals surface area (Å²) in [5.41, 5.74) is 1.15. The fraction of sp³-hybridized carbons (Fsp3) is 0.667. The van der Waals surface area contributed by atoms with Crippen molar-refractivity contribution in [1.29, 1.82) is 0 Å². The Labute approximate surface area is 76.6 Å². The Kier molecular flexibility index (Phi) is 2.30. The van der Waals surface area contributed by atoms with Crippen LogP contribution >= 0.6 is 11.3 Å². The first-order valence-corrected chi connectivity index (χ1v) is 5.37. The third-order valence-corrected chi connectivity index (χ3v) is 2.99. The molecule has 1 saturated carbocycles. The Hall–Kier alpha value is -0.570. The van der Waals surface area contributed by atoms with Gasteiger partial charge in [0.1, 0.15) is 6.10 Å². The van der Waals surface area contributed by atoms with Gasteiger partial charge in [0, 0.05) is 5.38 Å². The van der Waals surface area contributed by atoms with Crippen LogP contribution in [0.4, 0.5) is 0 Å². The summed E-state index contributed by atoms with van der Waals surface area (Å²) in [7, 11) is 0. The maximum Gasteiger partial charge on any atom is 0.273 e. The standard InChI is InChI=1S/C9H13NOS/c1-2-7-6-12-9(10-7)11-8-4-3-5-8/h6,8H,2-5H2,1H3. The van der Waals surface area contributed by atoms with Crippen LogP contribution in [0.3, 0.4) is 0 Å². The van der Waals surface area contributed by atoms with Crippen LogP contribution in [0.5, 0.6) is 5.19 Å². The van der Waals surface area contributed by atoms with Crippen molar-refractivity contribution in [1.82, 2.24) is 4.98 Å². The van der Waals surface area contributed by atoms with Gasteiger partial charge in [-0.15, -0.1) is 0 Å². The number of aryl methyl sites for hydroxylation is 1. The van der Waals surface area contributed by atoms with Gasteiger partial charge in [0.25, 0.3) is 5.19 Å². The van der Waals surface area contributed by atoms with Crippen molar-refractivity contribution < 1.29 is 4.74 Å². The molecule has 0 amide bonds. The predicted octanol–water partition coefficient (Wildman–Crippen LogP) is 2.64. The quantitative estimate of drug-likeness (QED) is 0.718. The van der Waals surface area contributed by atoms with Gasteiger partial charge in [-0.1, -0.05) is 18.3 Å². The molecule has 1 aliphatic rings. The molecule has 66 valence electrons. The van der Waals surface area contributed by atoms with Gasteiger partial charge >= 0.3 is 0 Å². The van der Waals surface area contributed by atoms with Crippen LogP contribution in [0, 0.1) is 0 Å². The first-order valence-electron chi connectivity index (χ1n) is 4.49. The average Bonchev–Trinajstić information content (AvgIpc) is 2.44. The zero-order chi connectivity index (χ0) is 8.39. The molecule has 0 atom stereocenters. The van der Waals surface area contributed by atoms with E-state index in [1.807, 2.05) is 0 Å². The maximum atomic E-state index is 5.64. The molecule has 0 radical (unpaired) electrons. The van der Waals surface area contributed by atoms with E-state index in [1.54, 1.807) is 11.3 Å². The number of hydrogen-bond donors (Lipinski definition) is 0. The summed E-state index contributed by atoms with van der Waals surface area (Å²) in [6.45, 7) is 2.11. The van der Waals surface area contributed by atoms with Crippen molar-refractivity contribution in [2.45, 2.75) is 38.7 Å². The lowest BCUT2D eigenvalue weighted by Gasteiger charge is -2.24. The Morgan fingerprint density at radius 2 is 2.50 bits per heavy atom. The van der Waals surface area contributed by atoms with Crippen molar-refractivity contribution in [3.63, 3.8) is 0 Å². The highest BCUT2D eigenvalue weighted by molar-refractivity contribution is 7.11. The van der Waals surface area contributed by atoms with Gasteiger partial charge < -0.3 is 4.74 Å². The third-order valence-electron chi connectivity index (χ3n) is 2.21. The van der Waals surface area contributed by atoms with Crippen molar-refractivity contribution in [2.24, 2.45) is 0 Å². The summed E-state index contributed by atoms with van der Waals surface area (Å²) in [6.07, 6.45) is 5.20. The molecule has 0 N–H and O–H groups in total. The van der Waals surface area contributed by atoms with Crippen molar-refractivity contribution in [2.75, 3.05) is 0 Å². The van der Waals surface area contributed by atoms with E-state index in [9.17, 15) is 0 Å². The second-order valence-corrected chi connectivity index (χ2v) is 3.95. The first kappa shape index (κ1) is 8.05. The minimum absolute atomic E-state index is 0.459. The largest absolute Gasteiger partial charge is 0.467 e. The van der Waals surface area contributed by atoms with E-state index in [4.69, 9.17) is 4.74 Å². The minimum Gasteiger partial charge on any atom is -0.467 e. The normalized spacial score (nSPS) is 17.4. The van der Waals surface area contributed by atoms with Gasteiger partial charge in [0.05, 0.1) is 5.69 Å². The van der Waals surface area contributed by atoms with Gasteiger partial charge in [-0.3, -0.25) is 0 Å². The molecule has 1 aliphatic carbocycles. The highest BCUT2D eigenvalue weighted by Crippen LogP contribution is 2.27. The molecule has 1 fully saturated rings. The summed E-state index contributed by atoms with van der Waals surface area (Å²) in [5.74, 6) is 0. The van der Waals surface area contributed by atoms with Crippen LogP contribution in [0.1, 0.15) is 31.9 Å². The number of aromatic nitrogens is 1. The van der Waals surface area contributed by atoms with Crippen molar-refractivity contribution in [3.8, 4) is 5.19 Å². The first-order chi connectivity index (χ1) is 5.88. The van der Waals surface area contributed by atoms with E-state index in [0.29, 0.717) is 6.10 Å². The molecule has 1 aromatic heterocycles. The van der Waals surface area contributed by atoms with Crippen LogP contribution in [0.15, 0.2) is 5.38 Å². The minimum atomic E-state index is 0.459. The maximum absolute atomic E-state index is 5.64. The topological polar surface area (TPSA) is 22.1 Å². The molecule has 0 aromatic carbocycles. The van der Waals surface area contributed by atoms with Gasteiger partial charge in [-0.2, -0.15) is 0 Å². The van der Waals surface area contributed by atoms with E-state index < -0.39 is 0 Å². The smallest absolute Gasteiger partial charge is 0.273 e. The fourth-order valence-corrected chi connectivity index (χ4v) is 1.95. The van der Waals surface area contributed by atoms with Crippen molar-refractivity contribution >= 4 is 11.3 Å². The molecule has 0 spiro atoms. The van der Waals surface area contributed by atoms with Gasteiger partial charge in [-0.25, -0.2) is 4.98 Å². The lowest BCUT2D eigenvalue weighted by atomic mass is 9.96. The zero-order valence-corrected chi connectivity index (χ0v) is 8.06. The molecular formula is C9H13NOS. The van der Waals surface area contributed by atoms with E-state index in [0.717, 1.165) is 17.3 Å². The Morgan fingerprint density at radius 3 is 3.00 bits per heavy atom. The molecule has 3 heteroatoms. The highest BCUT2D eigenvalue weighted by Gasteiger charge is 2.20. The molecule has 1 heterocycles. The van der Waals surface area contributed by atoms with E-state index >= 15 is 0 Å². The van der Waals surface area contributed by atoms with Gasteiger partial charge in [0.2, 0.25) is 0 Å². The van der Waals surface area contributed by atoms with Crippen LogP contribution in [-0.4, -0.2) is 11.1 Å². The Bertz CT molecular complexity index is 255. The summed E-state index contributed by atoms with van der Waals surface area (Å²) < 4.78 is 5.64. The molecule has 2 nitrogen and oxygen atoms in total. The zero-order valence-electron chi connectivity index (χ0n) is 7.25. The van der Waals surface area contributed by atoms with Crippen LogP contribution < -0.4 is 4.74 Å². The number of hydrogen-bond acceptors (Lipinski definition) is 3. The van der Waals surface area contributed by atoms with Crippen LogP contribution in [0.2, 0.25) is 0 Å². The molecule has 0 aliphatic heterocycles. The van der Waals surface area contributed by atoms with E-state index in [2.05, 4.69) is 17.3 Å². The second-order valence-electron chi connectivity index (χ2n) is 3.13.